The Labute approximate surface area is 213 Å². The summed E-state index contributed by atoms with van der Waals surface area (Å²) in [5.41, 5.74) is 6.00. The molecule has 0 amide bonds. The molecule has 1 aliphatic rings. The summed E-state index contributed by atoms with van der Waals surface area (Å²) in [5.74, 6) is -0.355. The summed E-state index contributed by atoms with van der Waals surface area (Å²) in [6.45, 7) is 5.97. The predicted octanol–water partition coefficient (Wildman–Crippen LogP) is 7.29. The molecule has 0 saturated heterocycles. The molecule has 4 nitrogen and oxygen atoms in total. The zero-order valence-electron chi connectivity index (χ0n) is 21.1. The number of fused-ring (bicyclic) bond motifs is 2. The van der Waals surface area contributed by atoms with Gasteiger partial charge in [-0.2, -0.15) is 0 Å². The Morgan fingerprint density at radius 1 is 1.03 bits per heavy atom. The predicted molar refractivity (Wildman–Crippen MR) is 148 cm³/mol. The monoisotopic (exact) mass is 478 g/mol. The molecule has 0 saturated carbocycles. The maximum absolute atomic E-state index is 11.7. The highest BCUT2D eigenvalue weighted by atomic mass is 16.4. The Morgan fingerprint density at radius 2 is 1.81 bits per heavy atom. The van der Waals surface area contributed by atoms with Gasteiger partial charge in [0.15, 0.2) is 0 Å². The van der Waals surface area contributed by atoms with Crippen LogP contribution in [0.1, 0.15) is 52.9 Å². The van der Waals surface area contributed by atoms with Crippen LogP contribution in [0.15, 0.2) is 84.9 Å². The minimum Gasteiger partial charge on any atom is -0.478 e. The zero-order valence-corrected chi connectivity index (χ0v) is 21.1. The number of hydrogen-bond donors (Lipinski definition) is 2. The smallest absolute Gasteiger partial charge is 0.336 e. The van der Waals surface area contributed by atoms with Crippen molar-refractivity contribution >= 4 is 28.1 Å². The van der Waals surface area contributed by atoms with Crippen LogP contribution in [0.3, 0.4) is 0 Å². The quantitative estimate of drug-likeness (QED) is 0.261. The average Bonchev–Trinajstić information content (AvgIpc) is 2.90. The van der Waals surface area contributed by atoms with Gasteiger partial charge in [0.25, 0.3) is 0 Å². The van der Waals surface area contributed by atoms with E-state index in [1.54, 1.807) is 0 Å². The summed E-state index contributed by atoms with van der Waals surface area (Å²) in [4.78, 5) is 14.1. The number of aryl methyl sites for hydroxylation is 1. The number of para-hydroxylation sites is 1. The molecule has 1 heterocycles. The van der Waals surface area contributed by atoms with Gasteiger partial charge in [-0.25, -0.2) is 4.79 Å². The van der Waals surface area contributed by atoms with E-state index in [9.17, 15) is 9.90 Å². The van der Waals surface area contributed by atoms with Gasteiger partial charge in [0.1, 0.15) is 0 Å². The van der Waals surface area contributed by atoms with Crippen molar-refractivity contribution in [2.45, 2.75) is 39.2 Å². The van der Waals surface area contributed by atoms with Gasteiger partial charge >= 0.3 is 5.97 Å². The lowest BCUT2D eigenvalue weighted by molar-refractivity contribution is 0.0696. The lowest BCUT2D eigenvalue weighted by atomic mass is 9.88. The van der Waals surface area contributed by atoms with E-state index < -0.39 is 5.97 Å². The third kappa shape index (κ3) is 5.00. The van der Waals surface area contributed by atoms with Gasteiger partial charge in [-0.1, -0.05) is 66.7 Å². The van der Waals surface area contributed by atoms with Crippen LogP contribution < -0.4 is 10.2 Å². The van der Waals surface area contributed by atoms with Gasteiger partial charge in [0.05, 0.1) is 5.56 Å². The Morgan fingerprint density at radius 3 is 2.67 bits per heavy atom. The third-order valence-corrected chi connectivity index (χ3v) is 7.52. The van der Waals surface area contributed by atoms with Gasteiger partial charge in [0, 0.05) is 24.0 Å². The highest BCUT2D eigenvalue weighted by Crippen LogP contribution is 2.37. The maximum atomic E-state index is 11.7. The summed E-state index contributed by atoms with van der Waals surface area (Å²) in [7, 11) is 0. The van der Waals surface area contributed by atoms with Crippen molar-refractivity contribution in [2.75, 3.05) is 18.0 Å². The van der Waals surface area contributed by atoms with Crippen molar-refractivity contribution in [2.24, 2.45) is 5.92 Å². The van der Waals surface area contributed by atoms with Crippen LogP contribution in [0.25, 0.3) is 10.8 Å². The maximum Gasteiger partial charge on any atom is 0.336 e. The lowest BCUT2D eigenvalue weighted by Gasteiger charge is -2.36. The molecule has 4 aromatic carbocycles. The van der Waals surface area contributed by atoms with Crippen molar-refractivity contribution in [3.63, 3.8) is 0 Å². The van der Waals surface area contributed by atoms with Gasteiger partial charge in [-0.05, 0) is 91.2 Å². The molecular formula is C32H34N2O2. The van der Waals surface area contributed by atoms with Crippen LogP contribution in [-0.2, 0) is 6.42 Å². The number of nitrogens with one attached hydrogen (secondary N) is 1. The summed E-state index contributed by atoms with van der Waals surface area (Å²) < 4.78 is 0. The van der Waals surface area contributed by atoms with Gasteiger partial charge in [-0.3, -0.25) is 0 Å². The Hall–Kier alpha value is -3.63. The first-order valence-electron chi connectivity index (χ1n) is 12.9. The molecule has 0 radical (unpaired) electrons. The summed E-state index contributed by atoms with van der Waals surface area (Å²) in [6.07, 6.45) is 3.28. The number of benzene rings is 4. The van der Waals surface area contributed by atoms with Crippen LogP contribution >= 0.6 is 0 Å². The van der Waals surface area contributed by atoms with Crippen molar-refractivity contribution in [3.8, 4) is 0 Å². The molecule has 1 unspecified atom stereocenters. The summed E-state index contributed by atoms with van der Waals surface area (Å²) in [6, 6.07) is 29.7. The first kappa shape index (κ1) is 24.1. The second-order valence-corrected chi connectivity index (χ2v) is 10.0. The highest BCUT2D eigenvalue weighted by Gasteiger charge is 2.26. The average molecular weight is 479 g/mol. The van der Waals surface area contributed by atoms with E-state index in [1.165, 1.54) is 27.6 Å². The van der Waals surface area contributed by atoms with E-state index in [-0.39, 0.29) is 0 Å². The molecule has 0 aliphatic carbocycles. The Bertz CT molecular complexity index is 1370. The SMILES string of the molecule is Cc1ccc(N2CC(CCCN[C@H](C)c3cccc4ccccc34)Cc3ccccc32)cc1C(=O)O. The second-order valence-electron chi connectivity index (χ2n) is 10.0. The first-order chi connectivity index (χ1) is 17.5. The van der Waals surface area contributed by atoms with Crippen LogP contribution in [0, 0.1) is 12.8 Å². The van der Waals surface area contributed by atoms with E-state index in [0.29, 0.717) is 17.5 Å². The van der Waals surface area contributed by atoms with Crippen molar-refractivity contribution < 1.29 is 9.90 Å². The van der Waals surface area contributed by atoms with E-state index in [4.69, 9.17) is 0 Å². The molecule has 0 fully saturated rings. The van der Waals surface area contributed by atoms with E-state index >= 15 is 0 Å². The number of nitrogens with zero attached hydrogens (tertiary/aromatic N) is 1. The minimum absolute atomic E-state index is 0.293. The standard InChI is InChI=1S/C32H34N2O2/c1-22-16-17-27(20-30(22)32(35)36)34-21-24(19-26-11-4-6-15-31(26)34)9-8-18-33-23(2)28-14-7-12-25-10-3-5-13-29(25)28/h3-7,10-17,20,23-24,33H,8-9,18-19,21H2,1-2H3,(H,35,36)/t23-,24?/m1/s1. The molecule has 184 valence electrons. The fraction of sp³-hybridized carbons (Fsp3) is 0.281. The largest absolute Gasteiger partial charge is 0.478 e. The van der Waals surface area contributed by atoms with Crippen LogP contribution in [0.5, 0.6) is 0 Å². The van der Waals surface area contributed by atoms with Crippen molar-refractivity contribution in [1.82, 2.24) is 5.32 Å². The number of rotatable bonds is 8. The highest BCUT2D eigenvalue weighted by molar-refractivity contribution is 5.91. The van der Waals surface area contributed by atoms with Crippen LogP contribution in [0.2, 0.25) is 0 Å². The Kier molecular flexibility index (Phi) is 7.06. The molecule has 0 spiro atoms. The van der Waals surface area contributed by atoms with E-state index in [0.717, 1.165) is 43.6 Å². The van der Waals surface area contributed by atoms with Gasteiger partial charge in [-0.15, -0.1) is 0 Å². The molecule has 4 heteroatoms. The van der Waals surface area contributed by atoms with Gasteiger partial charge in [0.2, 0.25) is 0 Å². The molecule has 4 aromatic rings. The fourth-order valence-electron chi connectivity index (χ4n) is 5.57. The molecule has 2 N–H and O–H groups in total. The number of anilines is 2. The molecular weight excluding hydrogens is 444 g/mol. The van der Waals surface area contributed by atoms with E-state index in [2.05, 4.69) is 83.9 Å². The van der Waals surface area contributed by atoms with Gasteiger partial charge < -0.3 is 15.3 Å². The topological polar surface area (TPSA) is 52.6 Å². The molecule has 36 heavy (non-hydrogen) atoms. The van der Waals surface area contributed by atoms with Crippen LogP contribution in [-0.4, -0.2) is 24.2 Å². The number of carboxylic acid groups (broad SMARTS) is 1. The molecule has 0 aromatic heterocycles. The van der Waals surface area contributed by atoms with Crippen molar-refractivity contribution in [3.05, 3.63) is 107 Å². The number of hydrogen-bond acceptors (Lipinski definition) is 3. The zero-order chi connectivity index (χ0) is 25.1. The number of carboxylic acids is 1. The molecule has 5 rings (SSSR count). The lowest BCUT2D eigenvalue weighted by Crippen LogP contribution is -2.32. The second kappa shape index (κ2) is 10.5. The summed E-state index contributed by atoms with van der Waals surface area (Å²) >= 11 is 0. The molecule has 2 atom stereocenters. The van der Waals surface area contributed by atoms with E-state index in [1.807, 2.05) is 25.1 Å². The molecule has 1 aliphatic heterocycles. The van der Waals surface area contributed by atoms with Crippen LogP contribution in [0.4, 0.5) is 11.4 Å². The third-order valence-electron chi connectivity index (χ3n) is 7.52. The normalized spacial score (nSPS) is 16.1. The number of aromatic carboxylic acids is 1. The number of carbonyl (C=O) groups is 1. The fourth-order valence-corrected chi connectivity index (χ4v) is 5.57. The minimum atomic E-state index is -0.873. The first-order valence-corrected chi connectivity index (χ1v) is 12.9. The molecule has 0 bridgehead atoms. The summed E-state index contributed by atoms with van der Waals surface area (Å²) in [5, 5.41) is 16.0. The Balaban J connectivity index is 1.25. The van der Waals surface area contributed by atoms with Crippen molar-refractivity contribution in [1.29, 1.82) is 0 Å².